The van der Waals surface area contributed by atoms with Crippen LogP contribution in [0.25, 0.3) is 0 Å². The largest absolute Gasteiger partial charge is 0.508 e. The number of hydrogen-bond acceptors (Lipinski definition) is 1. The van der Waals surface area contributed by atoms with Gasteiger partial charge in [-0.05, 0) is 40.9 Å². The zero-order valence-corrected chi connectivity index (χ0v) is 12.4. The van der Waals surface area contributed by atoms with E-state index in [1.54, 1.807) is 6.07 Å². The fourth-order valence-corrected chi connectivity index (χ4v) is 2.63. The van der Waals surface area contributed by atoms with Gasteiger partial charge in [-0.15, -0.1) is 0 Å². The van der Waals surface area contributed by atoms with E-state index in [2.05, 4.69) is 0 Å². The number of aromatic hydroxyl groups is 1. The zero-order chi connectivity index (χ0) is 15.3. The molecule has 0 unspecified atom stereocenters. The van der Waals surface area contributed by atoms with E-state index >= 15 is 0 Å². The highest BCUT2D eigenvalue weighted by atomic mass is 19.4. The second kappa shape index (κ2) is 4.40. The van der Waals surface area contributed by atoms with Crippen LogP contribution in [0.2, 0.25) is 0 Å². The first-order valence-electron chi connectivity index (χ1n) is 6.86. The molecule has 0 heterocycles. The Morgan fingerprint density at radius 3 is 2.10 bits per heavy atom. The molecule has 20 heavy (non-hydrogen) atoms. The Labute approximate surface area is 117 Å². The zero-order valence-electron chi connectivity index (χ0n) is 12.4. The monoisotopic (exact) mass is 286 g/mol. The number of phenolic OH excluding ortho intramolecular Hbond substituents is 1. The van der Waals surface area contributed by atoms with Crippen molar-refractivity contribution in [2.24, 2.45) is 0 Å². The van der Waals surface area contributed by atoms with Gasteiger partial charge in [0.2, 0.25) is 0 Å². The number of rotatable bonds is 2. The van der Waals surface area contributed by atoms with E-state index in [0.29, 0.717) is 5.56 Å². The third-order valence-electron chi connectivity index (χ3n) is 4.07. The fraction of sp³-hybridized carbons (Fsp3) is 0.625. The van der Waals surface area contributed by atoms with Gasteiger partial charge in [0, 0.05) is 5.56 Å². The highest BCUT2D eigenvalue weighted by Crippen LogP contribution is 2.52. The summed E-state index contributed by atoms with van der Waals surface area (Å²) < 4.78 is 38.1. The van der Waals surface area contributed by atoms with Gasteiger partial charge in [0.05, 0.1) is 6.42 Å². The van der Waals surface area contributed by atoms with Crippen molar-refractivity contribution in [3.63, 3.8) is 0 Å². The van der Waals surface area contributed by atoms with Gasteiger partial charge in [0.15, 0.2) is 0 Å². The van der Waals surface area contributed by atoms with Crippen molar-refractivity contribution in [2.45, 2.75) is 64.0 Å². The first kappa shape index (κ1) is 15.2. The molecule has 0 saturated heterocycles. The summed E-state index contributed by atoms with van der Waals surface area (Å²) in [6.45, 7) is 7.74. The van der Waals surface area contributed by atoms with E-state index < -0.39 is 12.6 Å². The standard InChI is InChI=1S/C16H21F3O/c1-14(2,3)11-8-12(15(4)5-6-15)13(20)7-10(11)9-16(17,18)19/h7-8,20H,5-6,9H2,1-4H3. The fourth-order valence-electron chi connectivity index (χ4n) is 2.63. The van der Waals surface area contributed by atoms with Crippen LogP contribution in [0, 0.1) is 0 Å². The summed E-state index contributed by atoms with van der Waals surface area (Å²) in [7, 11) is 0. The van der Waals surface area contributed by atoms with Crippen LogP contribution in [-0.4, -0.2) is 11.3 Å². The molecule has 112 valence electrons. The van der Waals surface area contributed by atoms with Gasteiger partial charge in [-0.1, -0.05) is 33.8 Å². The molecule has 1 nitrogen and oxygen atoms in total. The van der Waals surface area contributed by atoms with Gasteiger partial charge in [-0.25, -0.2) is 0 Å². The topological polar surface area (TPSA) is 20.2 Å². The lowest BCUT2D eigenvalue weighted by Gasteiger charge is -2.26. The lowest BCUT2D eigenvalue weighted by atomic mass is 9.80. The Hall–Kier alpha value is -1.19. The van der Waals surface area contributed by atoms with Crippen molar-refractivity contribution in [2.75, 3.05) is 0 Å². The molecule has 1 N–H and O–H groups in total. The van der Waals surface area contributed by atoms with E-state index in [9.17, 15) is 18.3 Å². The van der Waals surface area contributed by atoms with Gasteiger partial charge in [-0.2, -0.15) is 13.2 Å². The van der Waals surface area contributed by atoms with Crippen molar-refractivity contribution < 1.29 is 18.3 Å². The number of halogens is 3. The molecule has 2 rings (SSSR count). The van der Waals surface area contributed by atoms with Crippen molar-refractivity contribution in [1.82, 2.24) is 0 Å². The number of alkyl halides is 3. The Kier molecular flexibility index (Phi) is 3.35. The van der Waals surface area contributed by atoms with Gasteiger partial charge in [0.1, 0.15) is 5.75 Å². The highest BCUT2D eigenvalue weighted by Gasteiger charge is 2.42. The maximum atomic E-state index is 12.7. The van der Waals surface area contributed by atoms with Crippen LogP contribution >= 0.6 is 0 Å². The molecule has 4 heteroatoms. The minimum Gasteiger partial charge on any atom is -0.508 e. The Morgan fingerprint density at radius 1 is 1.15 bits per heavy atom. The average Bonchev–Trinajstić information content (AvgIpc) is 2.92. The maximum Gasteiger partial charge on any atom is 0.393 e. The van der Waals surface area contributed by atoms with Crippen LogP contribution < -0.4 is 0 Å². The van der Waals surface area contributed by atoms with Gasteiger partial charge >= 0.3 is 6.18 Å². The van der Waals surface area contributed by atoms with Crippen LogP contribution in [0.5, 0.6) is 5.75 Å². The third-order valence-corrected chi connectivity index (χ3v) is 4.07. The molecule has 1 aromatic rings. The molecule has 0 atom stereocenters. The molecule has 0 bridgehead atoms. The molecule has 0 spiro atoms. The summed E-state index contributed by atoms with van der Waals surface area (Å²) in [5.74, 6) is -0.00255. The molecular weight excluding hydrogens is 265 g/mol. The van der Waals surface area contributed by atoms with E-state index in [1.165, 1.54) is 6.07 Å². The van der Waals surface area contributed by atoms with E-state index in [-0.39, 0.29) is 22.1 Å². The quantitative estimate of drug-likeness (QED) is 0.824. The summed E-state index contributed by atoms with van der Waals surface area (Å²) in [4.78, 5) is 0. The second-order valence-corrected chi connectivity index (χ2v) is 7.13. The molecule has 1 fully saturated rings. The number of hydrogen-bond donors (Lipinski definition) is 1. The lowest BCUT2D eigenvalue weighted by molar-refractivity contribution is -0.127. The minimum absolute atomic E-state index is 0.00255. The third kappa shape index (κ3) is 3.10. The van der Waals surface area contributed by atoms with E-state index in [0.717, 1.165) is 18.4 Å². The van der Waals surface area contributed by atoms with Crippen LogP contribution in [0.3, 0.4) is 0 Å². The smallest absolute Gasteiger partial charge is 0.393 e. The number of benzene rings is 1. The van der Waals surface area contributed by atoms with Crippen molar-refractivity contribution in [3.8, 4) is 5.75 Å². The summed E-state index contributed by atoms with van der Waals surface area (Å²) in [6.07, 6.45) is -3.31. The number of phenols is 1. The Bertz CT molecular complexity index is 520. The van der Waals surface area contributed by atoms with Crippen LogP contribution in [0.1, 0.15) is 57.2 Å². The Balaban J connectivity index is 2.54. The normalized spacial score (nSPS) is 18.1. The Morgan fingerprint density at radius 2 is 1.70 bits per heavy atom. The van der Waals surface area contributed by atoms with Gasteiger partial charge in [-0.3, -0.25) is 0 Å². The molecule has 1 aliphatic rings. The average molecular weight is 286 g/mol. The first-order chi connectivity index (χ1) is 8.92. The predicted molar refractivity (Wildman–Crippen MR) is 73.2 cm³/mol. The second-order valence-electron chi connectivity index (χ2n) is 7.13. The molecule has 1 saturated carbocycles. The lowest BCUT2D eigenvalue weighted by Crippen LogP contribution is -2.20. The molecular formula is C16H21F3O. The van der Waals surface area contributed by atoms with E-state index in [1.807, 2.05) is 27.7 Å². The summed E-state index contributed by atoms with van der Waals surface area (Å²) >= 11 is 0. The highest BCUT2D eigenvalue weighted by molar-refractivity contribution is 5.50. The van der Waals surface area contributed by atoms with Crippen LogP contribution in [0.4, 0.5) is 13.2 Å². The molecule has 1 aromatic carbocycles. The maximum absolute atomic E-state index is 12.7. The molecule has 0 amide bonds. The van der Waals surface area contributed by atoms with Crippen LogP contribution in [-0.2, 0) is 17.3 Å². The van der Waals surface area contributed by atoms with Gasteiger partial charge in [0.25, 0.3) is 0 Å². The molecule has 0 radical (unpaired) electrons. The van der Waals surface area contributed by atoms with Crippen LogP contribution in [0.15, 0.2) is 12.1 Å². The van der Waals surface area contributed by atoms with E-state index in [4.69, 9.17) is 0 Å². The van der Waals surface area contributed by atoms with Gasteiger partial charge < -0.3 is 5.11 Å². The first-order valence-corrected chi connectivity index (χ1v) is 6.86. The van der Waals surface area contributed by atoms with Crippen molar-refractivity contribution in [3.05, 3.63) is 28.8 Å². The minimum atomic E-state index is -4.27. The van der Waals surface area contributed by atoms with Crippen molar-refractivity contribution >= 4 is 0 Å². The van der Waals surface area contributed by atoms with Crippen molar-refractivity contribution in [1.29, 1.82) is 0 Å². The SMILES string of the molecule is CC(C)(C)c1cc(C2(C)CC2)c(O)cc1CC(F)(F)F. The molecule has 0 aromatic heterocycles. The summed E-state index contributed by atoms with van der Waals surface area (Å²) in [6, 6.07) is 3.09. The molecule has 1 aliphatic carbocycles. The molecule has 0 aliphatic heterocycles. The summed E-state index contributed by atoms with van der Waals surface area (Å²) in [5, 5.41) is 10.1. The predicted octanol–water partition coefficient (Wildman–Crippen LogP) is 4.85. The summed E-state index contributed by atoms with van der Waals surface area (Å²) in [5.41, 5.74) is 1.19.